The summed E-state index contributed by atoms with van der Waals surface area (Å²) in [5.41, 5.74) is 3.99. The number of aromatic amines is 1. The number of hydrogen-bond donors (Lipinski definition) is 4. The molecule has 3 rings (SSSR count). The summed E-state index contributed by atoms with van der Waals surface area (Å²) >= 11 is 0. The summed E-state index contributed by atoms with van der Waals surface area (Å²) < 4.78 is 11.0. The average molecular weight is 410 g/mol. The van der Waals surface area contributed by atoms with Gasteiger partial charge >= 0.3 is 11.9 Å². The third-order valence-corrected chi connectivity index (χ3v) is 4.36. The Labute approximate surface area is 170 Å². The Balaban J connectivity index is 2.15. The van der Waals surface area contributed by atoms with E-state index in [1.807, 2.05) is 6.07 Å². The third kappa shape index (κ3) is 3.95. The lowest BCUT2D eigenvalue weighted by molar-refractivity contribution is 0.0695. The zero-order valence-electron chi connectivity index (χ0n) is 15.8. The smallest absolute Gasteiger partial charge is 0.342 e. The molecule has 0 saturated carbocycles. The van der Waals surface area contributed by atoms with Crippen molar-refractivity contribution in [3.05, 3.63) is 75.6 Å². The van der Waals surface area contributed by atoms with E-state index < -0.39 is 34.4 Å². The number of H-pyrrole nitrogens is 1. The zero-order valence-corrected chi connectivity index (χ0v) is 15.8. The van der Waals surface area contributed by atoms with Crippen molar-refractivity contribution in [2.45, 2.75) is 6.61 Å². The van der Waals surface area contributed by atoms with Crippen molar-refractivity contribution in [3.8, 4) is 22.6 Å². The Bertz CT molecular complexity index is 1180. The van der Waals surface area contributed by atoms with Crippen molar-refractivity contribution in [3.63, 3.8) is 0 Å². The number of nitrogen functional groups attached to an aromatic ring is 1. The normalized spacial score (nSPS) is 10.4. The predicted octanol–water partition coefficient (Wildman–Crippen LogP) is 2.61. The van der Waals surface area contributed by atoms with Crippen LogP contribution >= 0.6 is 0 Å². The number of hydrogen-bond acceptors (Lipinski definition) is 6. The number of para-hydroxylation sites is 1. The zero-order chi connectivity index (χ0) is 21.8. The van der Waals surface area contributed by atoms with Crippen LogP contribution in [0.5, 0.6) is 11.5 Å². The van der Waals surface area contributed by atoms with E-state index in [-0.39, 0.29) is 23.5 Å². The second-order valence-corrected chi connectivity index (χ2v) is 6.24. The minimum absolute atomic E-state index is 0.0949. The molecule has 0 amide bonds. The molecule has 0 atom stereocenters. The van der Waals surface area contributed by atoms with Crippen LogP contribution in [0.3, 0.4) is 0 Å². The topological polar surface area (TPSA) is 152 Å². The molecule has 2 aromatic carbocycles. The molecule has 0 unspecified atom stereocenters. The molecule has 0 spiro atoms. The van der Waals surface area contributed by atoms with Crippen molar-refractivity contribution in [2.75, 3.05) is 12.8 Å². The van der Waals surface area contributed by atoms with Gasteiger partial charge < -0.3 is 30.4 Å². The highest BCUT2D eigenvalue weighted by Crippen LogP contribution is 2.36. The lowest BCUT2D eigenvalue weighted by atomic mass is 9.94. The molecule has 0 aliphatic carbocycles. The van der Waals surface area contributed by atoms with Crippen LogP contribution in [0, 0.1) is 0 Å². The highest BCUT2D eigenvalue weighted by atomic mass is 16.5. The molecule has 30 heavy (non-hydrogen) atoms. The van der Waals surface area contributed by atoms with Gasteiger partial charge in [0.2, 0.25) is 0 Å². The van der Waals surface area contributed by atoms with Crippen LogP contribution in [0.2, 0.25) is 0 Å². The number of aromatic carboxylic acids is 2. The molecule has 0 fully saturated rings. The number of methoxy groups -OCH3 is 1. The van der Waals surface area contributed by atoms with Gasteiger partial charge in [0.15, 0.2) is 0 Å². The molecule has 9 nitrogen and oxygen atoms in total. The van der Waals surface area contributed by atoms with E-state index in [0.717, 1.165) is 5.56 Å². The molecule has 0 saturated heterocycles. The van der Waals surface area contributed by atoms with Gasteiger partial charge in [0.25, 0.3) is 5.56 Å². The fraction of sp³-hybridized carbons (Fsp3) is 0.0952. The summed E-state index contributed by atoms with van der Waals surface area (Å²) in [6.07, 6.45) is 0. The first-order chi connectivity index (χ1) is 14.3. The number of rotatable bonds is 7. The van der Waals surface area contributed by atoms with Crippen molar-refractivity contribution in [1.82, 2.24) is 4.98 Å². The quantitative estimate of drug-likeness (QED) is 0.464. The van der Waals surface area contributed by atoms with Crippen LogP contribution in [0.4, 0.5) is 5.82 Å². The molecule has 0 radical (unpaired) electrons. The van der Waals surface area contributed by atoms with Crippen LogP contribution in [0.15, 0.2) is 53.3 Å². The molecule has 1 heterocycles. The van der Waals surface area contributed by atoms with Gasteiger partial charge in [-0.05, 0) is 23.8 Å². The van der Waals surface area contributed by atoms with Gasteiger partial charge in [-0.15, -0.1) is 0 Å². The highest BCUT2D eigenvalue weighted by molar-refractivity contribution is 6.08. The molecular weight excluding hydrogens is 392 g/mol. The van der Waals surface area contributed by atoms with E-state index in [1.54, 1.807) is 36.4 Å². The van der Waals surface area contributed by atoms with Gasteiger partial charge in [0.05, 0.1) is 7.11 Å². The maximum absolute atomic E-state index is 12.2. The maximum atomic E-state index is 12.2. The minimum atomic E-state index is -1.59. The first-order valence-corrected chi connectivity index (χ1v) is 8.71. The number of nitrogens with one attached hydrogen (secondary N) is 1. The van der Waals surface area contributed by atoms with Crippen LogP contribution in [0.1, 0.15) is 26.3 Å². The number of carbonyl (C=O) groups is 2. The summed E-state index contributed by atoms with van der Waals surface area (Å²) in [5, 5.41) is 19.2. The number of ether oxygens (including phenoxy) is 2. The molecule has 0 aliphatic rings. The van der Waals surface area contributed by atoms with Gasteiger partial charge in [0.1, 0.15) is 35.1 Å². The number of pyridine rings is 1. The van der Waals surface area contributed by atoms with Crippen LogP contribution in [-0.4, -0.2) is 34.2 Å². The molecule has 154 valence electrons. The fourth-order valence-electron chi connectivity index (χ4n) is 3.04. The number of nitrogens with two attached hydrogens (primary N) is 1. The Hall–Kier alpha value is -4.27. The van der Waals surface area contributed by atoms with Crippen LogP contribution < -0.4 is 20.8 Å². The maximum Gasteiger partial charge on any atom is 0.342 e. The third-order valence-electron chi connectivity index (χ3n) is 4.36. The van der Waals surface area contributed by atoms with E-state index in [0.29, 0.717) is 5.75 Å². The summed E-state index contributed by atoms with van der Waals surface area (Å²) in [6.45, 7) is 0.0949. The molecule has 0 bridgehead atoms. The van der Waals surface area contributed by atoms with Gasteiger partial charge in [0, 0.05) is 11.1 Å². The number of anilines is 1. The van der Waals surface area contributed by atoms with E-state index >= 15 is 0 Å². The number of aromatic nitrogens is 1. The van der Waals surface area contributed by atoms with E-state index in [1.165, 1.54) is 13.2 Å². The van der Waals surface area contributed by atoms with E-state index in [2.05, 4.69) is 4.98 Å². The minimum Gasteiger partial charge on any atom is -0.497 e. The average Bonchev–Trinajstić information content (AvgIpc) is 2.71. The summed E-state index contributed by atoms with van der Waals surface area (Å²) in [4.78, 5) is 37.9. The Kier molecular flexibility index (Phi) is 5.73. The SMILES string of the molecule is COc1cccc(COc2ccccc2-c2c(C(=O)O)c(N)[nH]c(=O)c2C(=O)O)c1. The summed E-state index contributed by atoms with van der Waals surface area (Å²) in [6, 6.07) is 13.4. The monoisotopic (exact) mass is 410 g/mol. The Morgan fingerprint density at radius 3 is 2.40 bits per heavy atom. The standard InChI is InChI=1S/C21H18N2O7/c1-29-12-6-4-5-11(9-12)10-30-14-8-3-2-7-13(14)15-16(20(25)26)18(22)23-19(24)17(15)21(27)28/h2-9H,10H2,1H3,(H,25,26)(H,27,28)(H3,22,23,24). The van der Waals surface area contributed by atoms with Gasteiger partial charge in [-0.3, -0.25) is 4.79 Å². The van der Waals surface area contributed by atoms with Crippen molar-refractivity contribution in [1.29, 1.82) is 0 Å². The van der Waals surface area contributed by atoms with E-state index in [4.69, 9.17) is 15.2 Å². The van der Waals surface area contributed by atoms with Gasteiger partial charge in [-0.25, -0.2) is 9.59 Å². The lowest BCUT2D eigenvalue weighted by Crippen LogP contribution is -2.24. The second-order valence-electron chi connectivity index (χ2n) is 6.24. The highest BCUT2D eigenvalue weighted by Gasteiger charge is 2.28. The largest absolute Gasteiger partial charge is 0.497 e. The molecule has 9 heteroatoms. The van der Waals surface area contributed by atoms with Crippen LogP contribution in [-0.2, 0) is 6.61 Å². The molecule has 3 aromatic rings. The summed E-state index contributed by atoms with van der Waals surface area (Å²) in [7, 11) is 1.54. The molecule has 5 N–H and O–H groups in total. The van der Waals surface area contributed by atoms with E-state index in [9.17, 15) is 24.6 Å². The summed E-state index contributed by atoms with van der Waals surface area (Å²) in [5.74, 6) is -2.70. The number of carboxylic acids is 2. The first-order valence-electron chi connectivity index (χ1n) is 8.71. The number of carboxylic acid groups (broad SMARTS) is 2. The van der Waals surface area contributed by atoms with Crippen molar-refractivity contribution >= 4 is 17.8 Å². The van der Waals surface area contributed by atoms with Gasteiger partial charge in [-0.2, -0.15) is 0 Å². The predicted molar refractivity (Wildman–Crippen MR) is 108 cm³/mol. The Morgan fingerprint density at radius 1 is 1.03 bits per heavy atom. The molecular formula is C21H18N2O7. The lowest BCUT2D eigenvalue weighted by Gasteiger charge is -2.16. The molecule has 1 aromatic heterocycles. The number of benzene rings is 2. The first kappa shape index (κ1) is 20.5. The van der Waals surface area contributed by atoms with Crippen molar-refractivity contribution < 1.29 is 29.3 Å². The molecule has 0 aliphatic heterocycles. The second kappa shape index (κ2) is 8.39. The van der Waals surface area contributed by atoms with Gasteiger partial charge in [-0.1, -0.05) is 30.3 Å². The van der Waals surface area contributed by atoms with Crippen molar-refractivity contribution in [2.24, 2.45) is 0 Å². The fourth-order valence-corrected chi connectivity index (χ4v) is 3.04. The Morgan fingerprint density at radius 2 is 1.73 bits per heavy atom. The van der Waals surface area contributed by atoms with Crippen LogP contribution in [0.25, 0.3) is 11.1 Å².